The van der Waals surface area contributed by atoms with Crippen molar-refractivity contribution in [2.45, 2.75) is 20.3 Å². The number of carbonyl (C=O) groups excluding carboxylic acids is 1. The predicted octanol–water partition coefficient (Wildman–Crippen LogP) is 2.59. The van der Waals surface area contributed by atoms with Gasteiger partial charge in [-0.05, 0) is 38.9 Å². The van der Waals surface area contributed by atoms with Crippen molar-refractivity contribution < 1.29 is 4.79 Å². The summed E-state index contributed by atoms with van der Waals surface area (Å²) < 4.78 is 1.91. The van der Waals surface area contributed by atoms with Gasteiger partial charge in [0.1, 0.15) is 0 Å². The SMILES string of the molecule is Cc1c(C)n(NC(=O)C2=CCCN(C)C2)c2ccccc12. The monoisotopic (exact) mass is 283 g/mol. The van der Waals surface area contributed by atoms with E-state index in [2.05, 4.69) is 23.3 Å². The van der Waals surface area contributed by atoms with Gasteiger partial charge in [-0.2, -0.15) is 0 Å². The van der Waals surface area contributed by atoms with E-state index >= 15 is 0 Å². The number of amides is 1. The number of aromatic nitrogens is 1. The lowest BCUT2D eigenvalue weighted by molar-refractivity contribution is -0.114. The van der Waals surface area contributed by atoms with E-state index in [1.807, 2.05) is 42.9 Å². The number of nitrogens with one attached hydrogen (secondary N) is 1. The van der Waals surface area contributed by atoms with Gasteiger partial charge in [0, 0.05) is 29.7 Å². The fourth-order valence-corrected chi connectivity index (χ4v) is 2.90. The molecule has 0 spiro atoms. The lowest BCUT2D eigenvalue weighted by Gasteiger charge is -2.22. The first kappa shape index (κ1) is 13.9. The molecule has 1 N–H and O–H groups in total. The number of rotatable bonds is 2. The Kier molecular flexibility index (Phi) is 3.55. The Labute approximate surface area is 125 Å². The molecule has 1 aromatic heterocycles. The van der Waals surface area contributed by atoms with Crippen molar-refractivity contribution in [2.75, 3.05) is 25.6 Å². The Bertz CT molecular complexity index is 727. The minimum Gasteiger partial charge on any atom is -0.302 e. The second kappa shape index (κ2) is 5.37. The fourth-order valence-electron chi connectivity index (χ4n) is 2.90. The third kappa shape index (κ3) is 2.47. The molecule has 110 valence electrons. The minimum absolute atomic E-state index is 0.00889. The quantitative estimate of drug-likeness (QED) is 0.920. The molecule has 0 radical (unpaired) electrons. The topological polar surface area (TPSA) is 37.3 Å². The van der Waals surface area contributed by atoms with Gasteiger partial charge in [-0.25, -0.2) is 0 Å². The van der Waals surface area contributed by atoms with Crippen LogP contribution in [-0.4, -0.2) is 35.6 Å². The standard InChI is InChI=1S/C17H21N3O/c1-12-13(2)20(16-9-5-4-8-15(12)16)18-17(21)14-7-6-10-19(3)11-14/h4-5,7-9H,6,10-11H2,1-3H3,(H,18,21). The summed E-state index contributed by atoms with van der Waals surface area (Å²) in [6, 6.07) is 8.15. The molecule has 1 aliphatic rings. The molecule has 0 saturated carbocycles. The molecule has 0 bridgehead atoms. The summed E-state index contributed by atoms with van der Waals surface area (Å²) in [4.78, 5) is 14.7. The molecule has 0 fully saturated rings. The fraction of sp³-hybridized carbons (Fsp3) is 0.353. The first-order valence-corrected chi connectivity index (χ1v) is 7.33. The highest BCUT2D eigenvalue weighted by atomic mass is 16.2. The van der Waals surface area contributed by atoms with Gasteiger partial charge in [-0.15, -0.1) is 0 Å². The highest BCUT2D eigenvalue weighted by molar-refractivity contribution is 6.01. The molecule has 1 amide bonds. The largest absolute Gasteiger partial charge is 0.302 e. The maximum absolute atomic E-state index is 12.5. The van der Waals surface area contributed by atoms with Crippen LogP contribution in [0.15, 0.2) is 35.9 Å². The summed E-state index contributed by atoms with van der Waals surface area (Å²) in [5, 5.41) is 1.19. The van der Waals surface area contributed by atoms with E-state index in [1.165, 1.54) is 10.9 Å². The molecule has 1 aliphatic heterocycles. The molecule has 4 heteroatoms. The molecule has 0 atom stereocenters. The zero-order valence-corrected chi connectivity index (χ0v) is 12.8. The van der Waals surface area contributed by atoms with E-state index in [9.17, 15) is 4.79 Å². The van der Waals surface area contributed by atoms with Gasteiger partial charge >= 0.3 is 0 Å². The molecule has 0 saturated heterocycles. The summed E-state index contributed by atoms with van der Waals surface area (Å²) in [6.07, 6.45) is 2.98. The number of hydrogen-bond acceptors (Lipinski definition) is 2. The summed E-state index contributed by atoms with van der Waals surface area (Å²) >= 11 is 0. The third-order valence-corrected chi connectivity index (χ3v) is 4.27. The molecule has 3 rings (SSSR count). The number of aryl methyl sites for hydroxylation is 1. The Morgan fingerprint density at radius 1 is 1.24 bits per heavy atom. The minimum atomic E-state index is -0.00889. The van der Waals surface area contributed by atoms with Crippen LogP contribution in [0.25, 0.3) is 10.9 Å². The van der Waals surface area contributed by atoms with Gasteiger partial charge in [0.05, 0.1) is 5.52 Å². The van der Waals surface area contributed by atoms with Crippen molar-refractivity contribution in [3.05, 3.63) is 47.2 Å². The maximum atomic E-state index is 12.5. The molecule has 2 heterocycles. The summed E-state index contributed by atoms with van der Waals surface area (Å²) in [7, 11) is 2.04. The molecule has 4 nitrogen and oxygen atoms in total. The van der Waals surface area contributed by atoms with E-state index < -0.39 is 0 Å². The van der Waals surface area contributed by atoms with Crippen molar-refractivity contribution >= 4 is 16.8 Å². The van der Waals surface area contributed by atoms with Crippen LogP contribution in [0.5, 0.6) is 0 Å². The number of benzene rings is 1. The zero-order valence-electron chi connectivity index (χ0n) is 12.8. The highest BCUT2D eigenvalue weighted by Gasteiger charge is 2.18. The first-order chi connectivity index (χ1) is 10.1. The lowest BCUT2D eigenvalue weighted by atomic mass is 10.1. The summed E-state index contributed by atoms with van der Waals surface area (Å²) in [6.45, 7) is 5.86. The summed E-state index contributed by atoms with van der Waals surface area (Å²) in [5.74, 6) is -0.00889. The number of carbonyl (C=O) groups is 1. The number of nitrogens with zero attached hydrogens (tertiary/aromatic N) is 2. The van der Waals surface area contributed by atoms with Crippen LogP contribution >= 0.6 is 0 Å². The van der Waals surface area contributed by atoms with Crippen LogP contribution in [0.4, 0.5) is 0 Å². The molecular weight excluding hydrogens is 262 g/mol. The number of fused-ring (bicyclic) bond motifs is 1. The van der Waals surface area contributed by atoms with Crippen LogP contribution in [0.1, 0.15) is 17.7 Å². The van der Waals surface area contributed by atoms with E-state index in [-0.39, 0.29) is 5.91 Å². The van der Waals surface area contributed by atoms with E-state index in [0.717, 1.165) is 29.7 Å². The molecule has 1 aromatic carbocycles. The molecule has 2 aromatic rings. The highest BCUT2D eigenvalue weighted by Crippen LogP contribution is 2.23. The van der Waals surface area contributed by atoms with Crippen molar-refractivity contribution in [1.82, 2.24) is 9.58 Å². The second-order valence-electron chi connectivity index (χ2n) is 5.76. The predicted molar refractivity (Wildman–Crippen MR) is 86.0 cm³/mol. The van der Waals surface area contributed by atoms with Gasteiger partial charge in [-0.1, -0.05) is 24.3 Å². The Balaban J connectivity index is 1.93. The first-order valence-electron chi connectivity index (χ1n) is 7.33. The van der Waals surface area contributed by atoms with Gasteiger partial charge < -0.3 is 4.90 Å². The Morgan fingerprint density at radius 2 is 2.00 bits per heavy atom. The average Bonchev–Trinajstić information content (AvgIpc) is 2.73. The number of likely N-dealkylation sites (N-methyl/N-ethyl adjacent to an activating group) is 1. The Hall–Kier alpha value is -2.07. The third-order valence-electron chi connectivity index (χ3n) is 4.27. The molecule has 0 unspecified atom stereocenters. The van der Waals surface area contributed by atoms with Crippen LogP contribution in [0, 0.1) is 13.8 Å². The summed E-state index contributed by atoms with van der Waals surface area (Å²) in [5.41, 5.74) is 7.23. The van der Waals surface area contributed by atoms with Crippen LogP contribution in [0.2, 0.25) is 0 Å². The van der Waals surface area contributed by atoms with Crippen LogP contribution in [0.3, 0.4) is 0 Å². The molecule has 21 heavy (non-hydrogen) atoms. The van der Waals surface area contributed by atoms with Crippen molar-refractivity contribution in [2.24, 2.45) is 0 Å². The molecular formula is C17H21N3O. The maximum Gasteiger partial charge on any atom is 0.267 e. The van der Waals surface area contributed by atoms with Gasteiger partial charge in [0.25, 0.3) is 5.91 Å². The lowest BCUT2D eigenvalue weighted by Crippen LogP contribution is -2.33. The van der Waals surface area contributed by atoms with E-state index in [4.69, 9.17) is 0 Å². The second-order valence-corrected chi connectivity index (χ2v) is 5.76. The smallest absolute Gasteiger partial charge is 0.267 e. The van der Waals surface area contributed by atoms with Gasteiger partial charge in [-0.3, -0.25) is 14.9 Å². The van der Waals surface area contributed by atoms with E-state index in [1.54, 1.807) is 0 Å². The zero-order chi connectivity index (χ0) is 15.0. The number of para-hydroxylation sites is 1. The van der Waals surface area contributed by atoms with Crippen LogP contribution < -0.4 is 5.43 Å². The average molecular weight is 283 g/mol. The van der Waals surface area contributed by atoms with Gasteiger partial charge in [0.2, 0.25) is 0 Å². The van der Waals surface area contributed by atoms with Crippen molar-refractivity contribution in [3.8, 4) is 0 Å². The van der Waals surface area contributed by atoms with E-state index in [0.29, 0.717) is 6.54 Å². The van der Waals surface area contributed by atoms with Crippen molar-refractivity contribution in [3.63, 3.8) is 0 Å². The number of hydrogen-bond donors (Lipinski definition) is 1. The van der Waals surface area contributed by atoms with Gasteiger partial charge in [0.15, 0.2) is 0 Å². The molecule has 0 aliphatic carbocycles. The normalized spacial score (nSPS) is 16.0. The van der Waals surface area contributed by atoms with Crippen molar-refractivity contribution in [1.29, 1.82) is 0 Å². The van der Waals surface area contributed by atoms with Crippen LogP contribution in [-0.2, 0) is 4.79 Å². The Morgan fingerprint density at radius 3 is 2.76 bits per heavy atom.